The molecule has 1 fully saturated rings. The summed E-state index contributed by atoms with van der Waals surface area (Å²) in [5, 5.41) is 22.7. The summed E-state index contributed by atoms with van der Waals surface area (Å²) in [4.78, 5) is 34.7. The summed E-state index contributed by atoms with van der Waals surface area (Å²) >= 11 is 0. The molecule has 18 heavy (non-hydrogen) atoms. The molecular weight excluding hydrogens is 242 g/mol. The molecule has 1 atom stereocenters. The number of rotatable bonds is 6. The maximum absolute atomic E-state index is 11.6. The Morgan fingerprint density at radius 2 is 1.83 bits per heavy atom. The van der Waals surface area contributed by atoms with Crippen molar-refractivity contribution >= 4 is 17.8 Å². The van der Waals surface area contributed by atoms with Gasteiger partial charge in [0.1, 0.15) is 6.04 Å². The predicted molar refractivity (Wildman–Crippen MR) is 61.1 cm³/mol. The number of nitrogens with one attached hydrogen (secondary N) is 2. The second-order valence-corrected chi connectivity index (χ2v) is 4.08. The lowest BCUT2D eigenvalue weighted by Gasteiger charge is -2.26. The lowest BCUT2D eigenvalue weighted by Crippen LogP contribution is -2.50. The van der Waals surface area contributed by atoms with Gasteiger partial charge < -0.3 is 20.8 Å². The van der Waals surface area contributed by atoms with Crippen LogP contribution in [0.1, 0.15) is 6.42 Å². The van der Waals surface area contributed by atoms with Gasteiger partial charge >= 0.3 is 11.9 Å². The quantitative estimate of drug-likeness (QED) is 0.433. The monoisotopic (exact) mass is 259 g/mol. The summed E-state index contributed by atoms with van der Waals surface area (Å²) in [5.74, 6) is -3.07. The molecule has 0 bridgehead atoms. The van der Waals surface area contributed by atoms with Crippen LogP contribution in [0.5, 0.6) is 0 Å². The van der Waals surface area contributed by atoms with Crippen LogP contribution in [0.15, 0.2) is 0 Å². The number of amides is 1. The summed E-state index contributed by atoms with van der Waals surface area (Å²) in [7, 11) is 0. The normalized spacial score (nSPS) is 18.0. The highest BCUT2D eigenvalue weighted by molar-refractivity contribution is 5.87. The third-order valence-electron chi connectivity index (χ3n) is 2.59. The SMILES string of the molecule is O=C(O)CC(NC(=O)CN1CCNCC1)C(=O)O. The van der Waals surface area contributed by atoms with Gasteiger partial charge in [-0.2, -0.15) is 0 Å². The molecule has 1 aliphatic heterocycles. The van der Waals surface area contributed by atoms with Gasteiger partial charge in [-0.05, 0) is 0 Å². The zero-order chi connectivity index (χ0) is 13.5. The number of carboxylic acids is 2. The van der Waals surface area contributed by atoms with E-state index in [1.54, 1.807) is 0 Å². The molecule has 1 unspecified atom stereocenters. The molecule has 1 amide bonds. The summed E-state index contributed by atoms with van der Waals surface area (Å²) in [6.45, 7) is 3.08. The average molecular weight is 259 g/mol. The van der Waals surface area contributed by atoms with Gasteiger partial charge in [-0.25, -0.2) is 4.79 Å². The molecule has 102 valence electrons. The van der Waals surface area contributed by atoms with Crippen molar-refractivity contribution in [3.8, 4) is 0 Å². The van der Waals surface area contributed by atoms with Crippen LogP contribution >= 0.6 is 0 Å². The molecule has 1 heterocycles. The van der Waals surface area contributed by atoms with E-state index in [2.05, 4.69) is 10.6 Å². The molecule has 8 nitrogen and oxygen atoms in total. The van der Waals surface area contributed by atoms with Crippen molar-refractivity contribution in [2.45, 2.75) is 12.5 Å². The maximum Gasteiger partial charge on any atom is 0.326 e. The fourth-order valence-corrected chi connectivity index (χ4v) is 1.69. The Bertz CT molecular complexity index is 327. The van der Waals surface area contributed by atoms with E-state index in [1.165, 1.54) is 0 Å². The molecule has 1 aliphatic rings. The smallest absolute Gasteiger partial charge is 0.326 e. The van der Waals surface area contributed by atoms with E-state index >= 15 is 0 Å². The third-order valence-corrected chi connectivity index (χ3v) is 2.59. The van der Waals surface area contributed by atoms with Crippen molar-refractivity contribution < 1.29 is 24.6 Å². The lowest BCUT2D eigenvalue weighted by atomic mass is 10.2. The van der Waals surface area contributed by atoms with Crippen molar-refractivity contribution in [2.24, 2.45) is 0 Å². The number of carboxylic acid groups (broad SMARTS) is 2. The molecule has 0 saturated carbocycles. The minimum absolute atomic E-state index is 0.0884. The van der Waals surface area contributed by atoms with E-state index in [0.717, 1.165) is 13.1 Å². The average Bonchev–Trinajstić information content (AvgIpc) is 2.28. The van der Waals surface area contributed by atoms with E-state index in [4.69, 9.17) is 10.2 Å². The Kier molecular flexibility index (Phi) is 5.53. The summed E-state index contributed by atoms with van der Waals surface area (Å²) < 4.78 is 0. The van der Waals surface area contributed by atoms with E-state index in [1.807, 2.05) is 4.90 Å². The standard InChI is InChI=1S/C10H17N3O5/c14-8(6-13-3-1-11-2-4-13)12-7(10(17)18)5-9(15)16/h7,11H,1-6H2,(H,12,14)(H,15,16)(H,17,18). The van der Waals surface area contributed by atoms with Crippen LogP contribution in [0.4, 0.5) is 0 Å². The first kappa shape index (κ1) is 14.4. The zero-order valence-corrected chi connectivity index (χ0v) is 9.89. The predicted octanol–water partition coefficient (Wildman–Crippen LogP) is -2.06. The first-order chi connectivity index (χ1) is 8.49. The fourth-order valence-electron chi connectivity index (χ4n) is 1.69. The van der Waals surface area contributed by atoms with E-state index in [9.17, 15) is 14.4 Å². The summed E-state index contributed by atoms with van der Waals surface area (Å²) in [6.07, 6.45) is -0.622. The van der Waals surface area contributed by atoms with E-state index in [0.29, 0.717) is 13.1 Å². The maximum atomic E-state index is 11.6. The zero-order valence-electron chi connectivity index (χ0n) is 9.89. The van der Waals surface area contributed by atoms with Gasteiger partial charge in [-0.3, -0.25) is 14.5 Å². The Balaban J connectivity index is 2.40. The Morgan fingerprint density at radius 1 is 1.22 bits per heavy atom. The largest absolute Gasteiger partial charge is 0.481 e. The number of nitrogens with zero attached hydrogens (tertiary/aromatic N) is 1. The third kappa shape index (κ3) is 5.11. The van der Waals surface area contributed by atoms with Crippen LogP contribution in [0, 0.1) is 0 Å². The van der Waals surface area contributed by atoms with Gasteiger partial charge in [-0.15, -0.1) is 0 Å². The summed E-state index contributed by atoms with van der Waals surface area (Å²) in [5.41, 5.74) is 0. The number of carbonyl (C=O) groups excluding carboxylic acids is 1. The van der Waals surface area contributed by atoms with Crippen molar-refractivity contribution in [1.82, 2.24) is 15.5 Å². The second-order valence-electron chi connectivity index (χ2n) is 4.08. The number of carbonyl (C=O) groups is 3. The molecule has 8 heteroatoms. The number of hydrogen-bond acceptors (Lipinski definition) is 5. The van der Waals surface area contributed by atoms with Gasteiger partial charge in [0.2, 0.25) is 5.91 Å². The molecule has 0 aromatic heterocycles. The summed E-state index contributed by atoms with van der Waals surface area (Å²) in [6, 6.07) is -1.38. The first-order valence-electron chi connectivity index (χ1n) is 5.66. The molecule has 1 rings (SSSR count). The van der Waals surface area contributed by atoms with Gasteiger partial charge in [0.05, 0.1) is 13.0 Å². The van der Waals surface area contributed by atoms with Crippen molar-refractivity contribution in [3.05, 3.63) is 0 Å². The Morgan fingerprint density at radius 3 is 2.33 bits per heavy atom. The Hall–Kier alpha value is -1.67. The van der Waals surface area contributed by atoms with Gasteiger partial charge in [0.25, 0.3) is 0 Å². The lowest BCUT2D eigenvalue weighted by molar-refractivity contribution is -0.147. The van der Waals surface area contributed by atoms with E-state index in [-0.39, 0.29) is 6.54 Å². The van der Waals surface area contributed by atoms with Gasteiger partial charge in [0.15, 0.2) is 0 Å². The molecule has 0 spiro atoms. The second kappa shape index (κ2) is 6.92. The van der Waals surface area contributed by atoms with Crippen LogP contribution in [0.2, 0.25) is 0 Å². The van der Waals surface area contributed by atoms with Crippen LogP contribution in [-0.4, -0.2) is 71.7 Å². The molecule has 0 aliphatic carbocycles. The van der Waals surface area contributed by atoms with Crippen LogP contribution in [0.3, 0.4) is 0 Å². The number of piperazine rings is 1. The minimum atomic E-state index is -1.38. The highest BCUT2D eigenvalue weighted by Crippen LogP contribution is 1.95. The molecule has 0 radical (unpaired) electrons. The van der Waals surface area contributed by atoms with Crippen LogP contribution in [-0.2, 0) is 14.4 Å². The number of hydrogen-bond donors (Lipinski definition) is 4. The van der Waals surface area contributed by atoms with Crippen molar-refractivity contribution in [1.29, 1.82) is 0 Å². The van der Waals surface area contributed by atoms with Crippen molar-refractivity contribution in [3.63, 3.8) is 0 Å². The van der Waals surface area contributed by atoms with Gasteiger partial charge in [-0.1, -0.05) is 0 Å². The van der Waals surface area contributed by atoms with Gasteiger partial charge in [0, 0.05) is 26.2 Å². The topological polar surface area (TPSA) is 119 Å². The first-order valence-corrected chi connectivity index (χ1v) is 5.66. The molecule has 0 aromatic carbocycles. The van der Waals surface area contributed by atoms with Crippen LogP contribution < -0.4 is 10.6 Å². The van der Waals surface area contributed by atoms with Crippen molar-refractivity contribution in [2.75, 3.05) is 32.7 Å². The molecular formula is C10H17N3O5. The fraction of sp³-hybridized carbons (Fsp3) is 0.700. The molecule has 0 aromatic rings. The highest BCUT2D eigenvalue weighted by Gasteiger charge is 2.24. The highest BCUT2D eigenvalue weighted by atomic mass is 16.4. The minimum Gasteiger partial charge on any atom is -0.481 e. The Labute approximate surface area is 104 Å². The van der Waals surface area contributed by atoms with Crippen LogP contribution in [0.25, 0.3) is 0 Å². The molecule has 1 saturated heterocycles. The number of aliphatic carboxylic acids is 2. The van der Waals surface area contributed by atoms with E-state index < -0.39 is 30.3 Å². The molecule has 4 N–H and O–H groups in total.